The van der Waals surface area contributed by atoms with E-state index in [0.29, 0.717) is 0 Å². The number of likely N-dealkylation sites (tertiary alicyclic amines) is 1. The van der Waals surface area contributed by atoms with Crippen molar-refractivity contribution in [2.45, 2.75) is 31.9 Å². The Bertz CT molecular complexity index is 648. The highest BCUT2D eigenvalue weighted by molar-refractivity contribution is 5.65. The highest BCUT2D eigenvalue weighted by Crippen LogP contribution is 2.32. The van der Waals surface area contributed by atoms with Crippen LogP contribution in [-0.2, 0) is 11.3 Å². The molecule has 0 spiro atoms. The molecule has 0 saturated carbocycles. The van der Waals surface area contributed by atoms with E-state index in [1.165, 1.54) is 0 Å². The summed E-state index contributed by atoms with van der Waals surface area (Å²) in [6.07, 6.45) is -11.5. The standard InChI is InChI=1S/C14H13F6NO5/c15-13(16,17)24-7-8-5-9(26-14(18,19)20)1-2-11(8)25-10-3-4-21(6-10)12(22)23/h1-2,5,10H,3-4,6-7H2,(H,22,23). The van der Waals surface area contributed by atoms with E-state index in [-0.39, 0.29) is 30.8 Å². The van der Waals surface area contributed by atoms with Gasteiger partial charge in [0.2, 0.25) is 0 Å². The van der Waals surface area contributed by atoms with Gasteiger partial charge < -0.3 is 19.5 Å². The maximum absolute atomic E-state index is 12.3. The number of ether oxygens (including phenoxy) is 3. The Morgan fingerprint density at radius 3 is 2.42 bits per heavy atom. The first kappa shape index (κ1) is 19.9. The smallest absolute Gasteiger partial charge is 0.488 e. The Hall–Kier alpha value is -2.37. The second-order valence-electron chi connectivity index (χ2n) is 5.31. The number of alkyl halides is 6. The van der Waals surface area contributed by atoms with Crippen LogP contribution in [0.2, 0.25) is 0 Å². The molecule has 1 unspecified atom stereocenters. The Morgan fingerprint density at radius 1 is 1.19 bits per heavy atom. The van der Waals surface area contributed by atoms with Crippen molar-refractivity contribution < 1.29 is 50.5 Å². The molecule has 1 aromatic carbocycles. The van der Waals surface area contributed by atoms with Gasteiger partial charge >= 0.3 is 18.8 Å². The van der Waals surface area contributed by atoms with Crippen molar-refractivity contribution in [2.75, 3.05) is 13.1 Å². The number of rotatable bonds is 5. The molecule has 12 heteroatoms. The van der Waals surface area contributed by atoms with Crippen molar-refractivity contribution in [3.63, 3.8) is 0 Å². The van der Waals surface area contributed by atoms with Gasteiger partial charge in [-0.1, -0.05) is 0 Å². The summed E-state index contributed by atoms with van der Waals surface area (Å²) in [4.78, 5) is 11.9. The Morgan fingerprint density at radius 2 is 1.88 bits per heavy atom. The normalized spacial score (nSPS) is 18.1. The van der Waals surface area contributed by atoms with Crippen molar-refractivity contribution in [1.29, 1.82) is 0 Å². The molecule has 1 N–H and O–H groups in total. The first-order valence-corrected chi connectivity index (χ1v) is 7.17. The highest BCUT2D eigenvalue weighted by atomic mass is 19.4. The fourth-order valence-corrected chi connectivity index (χ4v) is 2.32. The zero-order chi connectivity index (χ0) is 19.5. The number of carboxylic acid groups (broad SMARTS) is 1. The van der Waals surface area contributed by atoms with Crippen molar-refractivity contribution >= 4 is 6.09 Å². The molecule has 1 heterocycles. The van der Waals surface area contributed by atoms with Crippen LogP contribution in [0.4, 0.5) is 31.1 Å². The summed E-state index contributed by atoms with van der Waals surface area (Å²) < 4.78 is 86.3. The molecular weight excluding hydrogens is 376 g/mol. The molecule has 0 aromatic heterocycles. The summed E-state index contributed by atoms with van der Waals surface area (Å²) in [7, 11) is 0. The number of hydrogen-bond donors (Lipinski definition) is 1. The highest BCUT2D eigenvalue weighted by Gasteiger charge is 2.33. The average Bonchev–Trinajstić information content (AvgIpc) is 2.93. The SMILES string of the molecule is O=C(O)N1CCC(Oc2ccc(OC(F)(F)F)cc2COC(F)(F)F)C1. The van der Waals surface area contributed by atoms with Crippen LogP contribution in [0.1, 0.15) is 12.0 Å². The molecule has 2 rings (SSSR count). The van der Waals surface area contributed by atoms with Gasteiger partial charge in [0.15, 0.2) is 0 Å². The van der Waals surface area contributed by atoms with Crippen LogP contribution in [0.15, 0.2) is 18.2 Å². The molecule has 1 amide bonds. The summed E-state index contributed by atoms with van der Waals surface area (Å²) in [5.74, 6) is -0.884. The zero-order valence-electron chi connectivity index (χ0n) is 12.9. The van der Waals surface area contributed by atoms with E-state index >= 15 is 0 Å². The Balaban J connectivity index is 2.16. The maximum Gasteiger partial charge on any atom is 0.573 e. The predicted molar refractivity (Wildman–Crippen MR) is 72.6 cm³/mol. The van der Waals surface area contributed by atoms with Gasteiger partial charge in [-0.05, 0) is 18.2 Å². The summed E-state index contributed by atoms with van der Waals surface area (Å²) >= 11 is 0. The number of nitrogens with zero attached hydrogens (tertiary/aromatic N) is 1. The van der Waals surface area contributed by atoms with Gasteiger partial charge in [-0.15, -0.1) is 26.3 Å². The summed E-state index contributed by atoms with van der Waals surface area (Å²) in [5, 5.41) is 8.87. The monoisotopic (exact) mass is 389 g/mol. The van der Waals surface area contributed by atoms with Crippen LogP contribution < -0.4 is 9.47 Å². The maximum atomic E-state index is 12.3. The second kappa shape index (κ2) is 7.48. The lowest BCUT2D eigenvalue weighted by molar-refractivity contribution is -0.330. The predicted octanol–water partition coefficient (Wildman–Crippen LogP) is 3.75. The molecule has 26 heavy (non-hydrogen) atoms. The van der Waals surface area contributed by atoms with E-state index in [2.05, 4.69) is 9.47 Å². The largest absolute Gasteiger partial charge is 0.573 e. The third-order valence-corrected chi connectivity index (χ3v) is 3.37. The van der Waals surface area contributed by atoms with Gasteiger partial charge in [0.05, 0.1) is 13.2 Å². The average molecular weight is 389 g/mol. The van der Waals surface area contributed by atoms with Crippen molar-refractivity contribution in [1.82, 2.24) is 4.90 Å². The molecule has 6 nitrogen and oxygen atoms in total. The minimum Gasteiger partial charge on any atom is -0.488 e. The van der Waals surface area contributed by atoms with Crippen LogP contribution >= 0.6 is 0 Å². The summed E-state index contributed by atoms with van der Waals surface area (Å²) in [6.45, 7) is -0.942. The van der Waals surface area contributed by atoms with Crippen molar-refractivity contribution in [3.05, 3.63) is 23.8 Å². The topological polar surface area (TPSA) is 68.2 Å². The minimum atomic E-state index is -5.02. The van der Waals surface area contributed by atoms with Crippen LogP contribution in [0, 0.1) is 0 Å². The lowest BCUT2D eigenvalue weighted by Gasteiger charge is -2.19. The molecule has 1 aliphatic heterocycles. The number of amides is 1. The van der Waals surface area contributed by atoms with E-state index in [9.17, 15) is 31.1 Å². The van der Waals surface area contributed by atoms with Gasteiger partial charge in [-0.3, -0.25) is 4.74 Å². The number of benzene rings is 1. The molecule has 1 atom stereocenters. The second-order valence-corrected chi connectivity index (χ2v) is 5.31. The van der Waals surface area contributed by atoms with Crippen LogP contribution in [0.5, 0.6) is 11.5 Å². The van der Waals surface area contributed by atoms with Crippen LogP contribution in [0.3, 0.4) is 0 Å². The Labute approximate surface area is 142 Å². The molecule has 1 aromatic rings. The van der Waals surface area contributed by atoms with Gasteiger partial charge in [0, 0.05) is 18.5 Å². The van der Waals surface area contributed by atoms with Gasteiger partial charge in [0.25, 0.3) is 0 Å². The molecule has 146 valence electrons. The van der Waals surface area contributed by atoms with Crippen molar-refractivity contribution in [2.24, 2.45) is 0 Å². The first-order chi connectivity index (χ1) is 11.9. The molecular formula is C14H13F6NO5. The molecule has 1 saturated heterocycles. The lowest BCUT2D eigenvalue weighted by atomic mass is 10.2. The van der Waals surface area contributed by atoms with Crippen LogP contribution in [0.25, 0.3) is 0 Å². The van der Waals surface area contributed by atoms with E-state index in [0.717, 1.165) is 23.1 Å². The summed E-state index contributed by atoms with van der Waals surface area (Å²) in [5.41, 5.74) is -0.321. The lowest BCUT2D eigenvalue weighted by Crippen LogP contribution is -2.29. The van der Waals surface area contributed by atoms with Crippen molar-refractivity contribution in [3.8, 4) is 11.5 Å². The fraction of sp³-hybridized carbons (Fsp3) is 0.500. The molecule has 1 aliphatic rings. The zero-order valence-corrected chi connectivity index (χ0v) is 12.9. The third kappa shape index (κ3) is 6.17. The quantitative estimate of drug-likeness (QED) is 0.777. The molecule has 1 fully saturated rings. The fourth-order valence-electron chi connectivity index (χ4n) is 2.32. The molecule has 0 aliphatic carbocycles. The van der Waals surface area contributed by atoms with E-state index in [1.54, 1.807) is 0 Å². The van der Waals surface area contributed by atoms with E-state index in [4.69, 9.17) is 9.84 Å². The minimum absolute atomic E-state index is 0.0182. The van der Waals surface area contributed by atoms with Crippen LogP contribution in [-0.4, -0.2) is 48.0 Å². The van der Waals surface area contributed by atoms with E-state index < -0.39 is 37.3 Å². The summed E-state index contributed by atoms with van der Waals surface area (Å²) in [6, 6.07) is 2.61. The van der Waals surface area contributed by atoms with Gasteiger partial charge in [-0.25, -0.2) is 4.79 Å². The number of halogens is 6. The van der Waals surface area contributed by atoms with E-state index in [1.807, 2.05) is 0 Å². The number of hydrogen-bond acceptors (Lipinski definition) is 4. The van der Waals surface area contributed by atoms with Gasteiger partial charge in [0.1, 0.15) is 17.6 Å². The number of carbonyl (C=O) groups is 1. The Kier molecular flexibility index (Phi) is 5.74. The molecule has 0 bridgehead atoms. The van der Waals surface area contributed by atoms with Gasteiger partial charge in [-0.2, -0.15) is 0 Å². The molecule has 0 radical (unpaired) electrons. The first-order valence-electron chi connectivity index (χ1n) is 7.17. The third-order valence-electron chi connectivity index (χ3n) is 3.37.